The van der Waals surface area contributed by atoms with Crippen LogP contribution in [0, 0.1) is 0 Å². The fourth-order valence-electron chi connectivity index (χ4n) is 2.16. The molecule has 0 saturated carbocycles. The van der Waals surface area contributed by atoms with E-state index in [4.69, 9.17) is 10.3 Å². The third-order valence-electron chi connectivity index (χ3n) is 3.34. The first-order valence-corrected chi connectivity index (χ1v) is 6.70. The lowest BCUT2D eigenvalue weighted by atomic mass is 10.1. The first kappa shape index (κ1) is 13.3. The van der Waals surface area contributed by atoms with Crippen molar-refractivity contribution >= 4 is 5.95 Å². The Bertz CT molecular complexity index is 359. The van der Waals surface area contributed by atoms with Crippen molar-refractivity contribution in [2.75, 3.05) is 38.1 Å². The maximum Gasteiger partial charge on any atom is 0.266 e. The molecule has 0 aromatic carbocycles. The van der Waals surface area contributed by atoms with Gasteiger partial charge in [-0.25, -0.2) is 0 Å². The van der Waals surface area contributed by atoms with Crippen LogP contribution in [0.15, 0.2) is 4.52 Å². The van der Waals surface area contributed by atoms with Crippen LogP contribution in [0.3, 0.4) is 0 Å². The molecule has 18 heavy (non-hydrogen) atoms. The Morgan fingerprint density at radius 3 is 2.72 bits per heavy atom. The number of rotatable bonds is 5. The van der Waals surface area contributed by atoms with Gasteiger partial charge in [0.15, 0.2) is 0 Å². The third-order valence-corrected chi connectivity index (χ3v) is 3.34. The average Bonchev–Trinajstić information content (AvgIpc) is 2.78. The van der Waals surface area contributed by atoms with Gasteiger partial charge < -0.3 is 20.1 Å². The summed E-state index contributed by atoms with van der Waals surface area (Å²) in [5.74, 6) is 1.37. The second-order valence-corrected chi connectivity index (χ2v) is 5.03. The zero-order valence-corrected chi connectivity index (χ0v) is 11.3. The van der Waals surface area contributed by atoms with Crippen LogP contribution in [0.1, 0.15) is 25.7 Å². The van der Waals surface area contributed by atoms with Crippen LogP contribution in [0.2, 0.25) is 0 Å². The van der Waals surface area contributed by atoms with Gasteiger partial charge >= 0.3 is 0 Å². The molecule has 1 fully saturated rings. The summed E-state index contributed by atoms with van der Waals surface area (Å²) in [5.41, 5.74) is 5.97. The van der Waals surface area contributed by atoms with Gasteiger partial charge in [0.05, 0.1) is 0 Å². The highest BCUT2D eigenvalue weighted by Crippen LogP contribution is 2.13. The first-order valence-electron chi connectivity index (χ1n) is 6.70. The number of piperazine rings is 1. The van der Waals surface area contributed by atoms with Gasteiger partial charge in [-0.05, 0) is 18.6 Å². The molecule has 1 saturated heterocycles. The number of hydrogen-bond donors (Lipinski definition) is 1. The van der Waals surface area contributed by atoms with E-state index >= 15 is 0 Å². The topological polar surface area (TPSA) is 71.4 Å². The summed E-state index contributed by atoms with van der Waals surface area (Å²) in [5, 5.41) is 4.04. The molecule has 0 aliphatic carbocycles. The van der Waals surface area contributed by atoms with E-state index in [-0.39, 0.29) is 6.04 Å². The molecule has 1 aliphatic rings. The summed E-state index contributed by atoms with van der Waals surface area (Å²) in [6, 6.07) is 0.121. The molecule has 0 bridgehead atoms. The minimum Gasteiger partial charge on any atom is -0.337 e. The van der Waals surface area contributed by atoms with Crippen molar-refractivity contribution in [2.45, 2.75) is 32.2 Å². The maximum atomic E-state index is 5.97. The van der Waals surface area contributed by atoms with Crippen molar-refractivity contribution in [3.05, 3.63) is 5.89 Å². The highest BCUT2D eigenvalue weighted by atomic mass is 16.5. The molecule has 1 aliphatic heterocycles. The lowest BCUT2D eigenvalue weighted by molar-refractivity contribution is 0.308. The van der Waals surface area contributed by atoms with E-state index in [2.05, 4.69) is 33.9 Å². The lowest BCUT2D eigenvalue weighted by Crippen LogP contribution is -2.44. The molecule has 6 nitrogen and oxygen atoms in total. The van der Waals surface area contributed by atoms with Crippen molar-refractivity contribution in [1.82, 2.24) is 15.0 Å². The van der Waals surface area contributed by atoms with Crippen LogP contribution >= 0.6 is 0 Å². The van der Waals surface area contributed by atoms with E-state index in [0.29, 0.717) is 18.3 Å². The molecule has 2 N–H and O–H groups in total. The number of anilines is 1. The zero-order chi connectivity index (χ0) is 13.0. The van der Waals surface area contributed by atoms with Crippen LogP contribution < -0.4 is 10.6 Å². The fourth-order valence-corrected chi connectivity index (χ4v) is 2.16. The van der Waals surface area contributed by atoms with Gasteiger partial charge in [0.1, 0.15) is 0 Å². The van der Waals surface area contributed by atoms with Crippen LogP contribution in [0.25, 0.3) is 0 Å². The second kappa shape index (κ2) is 6.15. The Hall–Kier alpha value is -1.14. The van der Waals surface area contributed by atoms with Gasteiger partial charge in [-0.3, -0.25) is 0 Å². The summed E-state index contributed by atoms with van der Waals surface area (Å²) in [7, 11) is 2.13. The Labute approximate surface area is 108 Å². The SMILES string of the molecule is CCCC(N)Cc1nc(N2CCN(C)CC2)no1. The average molecular weight is 253 g/mol. The largest absolute Gasteiger partial charge is 0.337 e. The number of hydrogen-bond acceptors (Lipinski definition) is 6. The predicted octanol–water partition coefficient (Wildman–Crippen LogP) is 0.491. The van der Waals surface area contributed by atoms with Crippen LogP contribution in [0.5, 0.6) is 0 Å². The summed E-state index contributed by atoms with van der Waals surface area (Å²) in [6.07, 6.45) is 2.75. The quantitative estimate of drug-likeness (QED) is 0.823. The van der Waals surface area contributed by atoms with E-state index in [1.165, 1.54) is 0 Å². The van der Waals surface area contributed by atoms with Gasteiger partial charge in [-0.1, -0.05) is 13.3 Å². The van der Waals surface area contributed by atoms with Gasteiger partial charge in [0, 0.05) is 38.6 Å². The van der Waals surface area contributed by atoms with Crippen molar-refractivity contribution < 1.29 is 4.52 Å². The molecule has 2 rings (SSSR count). The Kier molecular flexibility index (Phi) is 4.54. The van der Waals surface area contributed by atoms with Crippen molar-refractivity contribution in [3.63, 3.8) is 0 Å². The number of aromatic nitrogens is 2. The smallest absolute Gasteiger partial charge is 0.266 e. The molecular formula is C12H23N5O. The van der Waals surface area contributed by atoms with E-state index in [9.17, 15) is 0 Å². The molecule has 0 spiro atoms. The predicted molar refractivity (Wildman–Crippen MR) is 70.6 cm³/mol. The van der Waals surface area contributed by atoms with Crippen LogP contribution in [-0.2, 0) is 6.42 Å². The van der Waals surface area contributed by atoms with Gasteiger partial charge in [-0.15, -0.1) is 0 Å². The minimum absolute atomic E-state index is 0.121. The highest BCUT2D eigenvalue weighted by molar-refractivity contribution is 5.28. The van der Waals surface area contributed by atoms with Gasteiger partial charge in [0.2, 0.25) is 5.89 Å². The van der Waals surface area contributed by atoms with Crippen LogP contribution in [-0.4, -0.2) is 54.3 Å². The van der Waals surface area contributed by atoms with Crippen LogP contribution in [0.4, 0.5) is 5.95 Å². The molecular weight excluding hydrogens is 230 g/mol. The summed E-state index contributed by atoms with van der Waals surface area (Å²) >= 11 is 0. The number of nitrogens with zero attached hydrogens (tertiary/aromatic N) is 4. The first-order chi connectivity index (χ1) is 8.69. The summed E-state index contributed by atoms with van der Waals surface area (Å²) in [4.78, 5) is 8.90. The molecule has 1 aromatic rings. The standard InChI is InChI=1S/C12H23N5O/c1-3-4-10(13)9-11-14-12(15-18-11)17-7-5-16(2)6-8-17/h10H,3-9,13H2,1-2H3. The highest BCUT2D eigenvalue weighted by Gasteiger charge is 2.19. The minimum atomic E-state index is 0.121. The van der Waals surface area contributed by atoms with Gasteiger partial charge in [-0.2, -0.15) is 4.98 Å². The Morgan fingerprint density at radius 1 is 1.33 bits per heavy atom. The Balaban J connectivity index is 1.89. The zero-order valence-electron chi connectivity index (χ0n) is 11.3. The summed E-state index contributed by atoms with van der Waals surface area (Å²) in [6.45, 7) is 6.12. The normalized spacial score (nSPS) is 19.2. The molecule has 2 heterocycles. The molecule has 1 aromatic heterocycles. The fraction of sp³-hybridized carbons (Fsp3) is 0.833. The van der Waals surface area contributed by atoms with E-state index in [0.717, 1.165) is 39.0 Å². The molecule has 102 valence electrons. The van der Waals surface area contributed by atoms with E-state index in [1.54, 1.807) is 0 Å². The van der Waals surface area contributed by atoms with Crippen molar-refractivity contribution in [1.29, 1.82) is 0 Å². The third kappa shape index (κ3) is 3.43. The van der Waals surface area contributed by atoms with Crippen molar-refractivity contribution in [3.8, 4) is 0 Å². The summed E-state index contributed by atoms with van der Waals surface area (Å²) < 4.78 is 5.27. The van der Waals surface area contributed by atoms with E-state index in [1.807, 2.05) is 0 Å². The number of nitrogens with two attached hydrogens (primary N) is 1. The molecule has 0 amide bonds. The molecule has 0 radical (unpaired) electrons. The number of likely N-dealkylation sites (N-methyl/N-ethyl adjacent to an activating group) is 1. The monoisotopic (exact) mass is 253 g/mol. The molecule has 6 heteroatoms. The molecule has 1 atom stereocenters. The van der Waals surface area contributed by atoms with Crippen molar-refractivity contribution in [2.24, 2.45) is 5.73 Å². The van der Waals surface area contributed by atoms with E-state index < -0.39 is 0 Å². The van der Waals surface area contributed by atoms with Gasteiger partial charge in [0.25, 0.3) is 5.95 Å². The maximum absolute atomic E-state index is 5.97. The lowest BCUT2D eigenvalue weighted by Gasteiger charge is -2.31. The molecule has 1 unspecified atom stereocenters. The second-order valence-electron chi connectivity index (χ2n) is 5.03. The Morgan fingerprint density at radius 2 is 2.06 bits per heavy atom.